The zero-order chi connectivity index (χ0) is 12.0. The fraction of sp³-hybridized carbons (Fsp3) is 1.00. The second-order valence-corrected chi connectivity index (χ2v) is 5.46. The largest absolute Gasteiger partial charge is 0.379 e. The van der Waals surface area contributed by atoms with Crippen LogP contribution < -0.4 is 5.73 Å². The van der Waals surface area contributed by atoms with Crippen molar-refractivity contribution in [2.45, 2.75) is 52.2 Å². The molecule has 1 rings (SSSR count). The Labute approximate surface area is 99.7 Å². The SMILES string of the molecule is CC(C)COCCOC1CC(C)CCC1N. The zero-order valence-electron chi connectivity index (χ0n) is 10.9. The maximum atomic E-state index is 6.04. The lowest BCUT2D eigenvalue weighted by Gasteiger charge is -2.32. The molecule has 1 aliphatic rings. The molecule has 0 bridgehead atoms. The molecule has 1 saturated carbocycles. The van der Waals surface area contributed by atoms with E-state index in [0.717, 1.165) is 25.4 Å². The minimum atomic E-state index is 0.223. The first-order valence-electron chi connectivity index (χ1n) is 6.54. The van der Waals surface area contributed by atoms with Crippen LogP contribution in [0.4, 0.5) is 0 Å². The van der Waals surface area contributed by atoms with E-state index in [9.17, 15) is 0 Å². The molecule has 16 heavy (non-hydrogen) atoms. The van der Waals surface area contributed by atoms with Crippen molar-refractivity contribution in [1.82, 2.24) is 0 Å². The standard InChI is InChI=1S/C13H27NO2/c1-10(2)9-15-6-7-16-13-8-11(3)4-5-12(13)14/h10-13H,4-9,14H2,1-3H3. The molecule has 3 unspecified atom stereocenters. The molecule has 0 amide bonds. The van der Waals surface area contributed by atoms with Gasteiger partial charge >= 0.3 is 0 Å². The number of ether oxygens (including phenoxy) is 2. The van der Waals surface area contributed by atoms with Gasteiger partial charge in [-0.2, -0.15) is 0 Å². The van der Waals surface area contributed by atoms with Crippen LogP contribution in [0.1, 0.15) is 40.0 Å². The van der Waals surface area contributed by atoms with Gasteiger partial charge in [0, 0.05) is 12.6 Å². The third-order valence-electron chi connectivity index (χ3n) is 3.12. The van der Waals surface area contributed by atoms with Gasteiger partial charge < -0.3 is 15.2 Å². The van der Waals surface area contributed by atoms with Crippen molar-refractivity contribution in [2.75, 3.05) is 19.8 Å². The molecule has 0 heterocycles. The normalized spacial score (nSPS) is 30.9. The summed E-state index contributed by atoms with van der Waals surface area (Å²) in [5.74, 6) is 1.35. The van der Waals surface area contributed by atoms with E-state index in [1.807, 2.05) is 0 Å². The van der Waals surface area contributed by atoms with Crippen LogP contribution in [0.25, 0.3) is 0 Å². The van der Waals surface area contributed by atoms with E-state index >= 15 is 0 Å². The van der Waals surface area contributed by atoms with Crippen LogP contribution in [0.5, 0.6) is 0 Å². The Morgan fingerprint density at radius 1 is 1.25 bits per heavy atom. The fourth-order valence-corrected chi connectivity index (χ4v) is 2.12. The summed E-state index contributed by atoms with van der Waals surface area (Å²) in [6, 6.07) is 0.223. The monoisotopic (exact) mass is 229 g/mol. The van der Waals surface area contributed by atoms with Crippen molar-refractivity contribution in [2.24, 2.45) is 17.6 Å². The third-order valence-corrected chi connectivity index (χ3v) is 3.12. The molecule has 0 aromatic heterocycles. The van der Waals surface area contributed by atoms with Gasteiger partial charge in [0.15, 0.2) is 0 Å². The highest BCUT2D eigenvalue weighted by atomic mass is 16.5. The van der Waals surface area contributed by atoms with Crippen molar-refractivity contribution in [3.63, 3.8) is 0 Å². The number of hydrogen-bond acceptors (Lipinski definition) is 3. The fourth-order valence-electron chi connectivity index (χ4n) is 2.12. The van der Waals surface area contributed by atoms with Crippen molar-refractivity contribution >= 4 is 0 Å². The van der Waals surface area contributed by atoms with Gasteiger partial charge in [0.05, 0.1) is 19.3 Å². The highest BCUT2D eigenvalue weighted by Gasteiger charge is 2.26. The van der Waals surface area contributed by atoms with Gasteiger partial charge in [-0.1, -0.05) is 20.8 Å². The third kappa shape index (κ3) is 5.28. The molecule has 0 aromatic rings. The van der Waals surface area contributed by atoms with Crippen molar-refractivity contribution in [1.29, 1.82) is 0 Å². The van der Waals surface area contributed by atoms with Crippen LogP contribution in [0.3, 0.4) is 0 Å². The first-order valence-corrected chi connectivity index (χ1v) is 6.54. The molecule has 0 spiro atoms. The molecule has 3 nitrogen and oxygen atoms in total. The summed E-state index contributed by atoms with van der Waals surface area (Å²) in [4.78, 5) is 0. The number of nitrogens with two attached hydrogens (primary N) is 1. The van der Waals surface area contributed by atoms with E-state index in [1.165, 1.54) is 6.42 Å². The Morgan fingerprint density at radius 2 is 2.00 bits per heavy atom. The first-order chi connectivity index (χ1) is 7.59. The minimum absolute atomic E-state index is 0.223. The van der Waals surface area contributed by atoms with E-state index < -0.39 is 0 Å². The summed E-state index contributed by atoms with van der Waals surface area (Å²) >= 11 is 0. The van der Waals surface area contributed by atoms with Gasteiger partial charge in [0.25, 0.3) is 0 Å². The molecular formula is C13H27NO2. The van der Waals surface area contributed by atoms with Crippen molar-refractivity contribution < 1.29 is 9.47 Å². The van der Waals surface area contributed by atoms with Crippen molar-refractivity contribution in [3.8, 4) is 0 Å². The summed E-state index contributed by atoms with van der Waals surface area (Å²) in [6.45, 7) is 8.76. The van der Waals surface area contributed by atoms with E-state index in [2.05, 4.69) is 20.8 Å². The van der Waals surface area contributed by atoms with Crippen LogP contribution >= 0.6 is 0 Å². The van der Waals surface area contributed by atoms with Gasteiger partial charge in [-0.3, -0.25) is 0 Å². The Kier molecular flexibility index (Phi) is 6.32. The van der Waals surface area contributed by atoms with E-state index in [-0.39, 0.29) is 12.1 Å². The minimum Gasteiger partial charge on any atom is -0.379 e. The van der Waals surface area contributed by atoms with Gasteiger partial charge in [-0.15, -0.1) is 0 Å². The van der Waals surface area contributed by atoms with Crippen LogP contribution in [-0.4, -0.2) is 32.0 Å². The average molecular weight is 229 g/mol. The van der Waals surface area contributed by atoms with Crippen LogP contribution in [-0.2, 0) is 9.47 Å². The van der Waals surface area contributed by atoms with E-state index in [1.54, 1.807) is 0 Å². The average Bonchev–Trinajstić information content (AvgIpc) is 2.22. The predicted octanol–water partition coefficient (Wildman–Crippen LogP) is 2.19. The molecule has 96 valence electrons. The maximum absolute atomic E-state index is 6.04. The highest BCUT2D eigenvalue weighted by Crippen LogP contribution is 2.24. The van der Waals surface area contributed by atoms with Crippen molar-refractivity contribution in [3.05, 3.63) is 0 Å². The lowest BCUT2D eigenvalue weighted by atomic mass is 9.85. The zero-order valence-corrected chi connectivity index (χ0v) is 10.9. The van der Waals surface area contributed by atoms with E-state index in [4.69, 9.17) is 15.2 Å². The first kappa shape index (κ1) is 13.9. The molecule has 0 radical (unpaired) electrons. The predicted molar refractivity (Wildman–Crippen MR) is 66.4 cm³/mol. The summed E-state index contributed by atoms with van der Waals surface area (Å²) < 4.78 is 11.3. The smallest absolute Gasteiger partial charge is 0.0729 e. The Hall–Kier alpha value is -0.120. The lowest BCUT2D eigenvalue weighted by Crippen LogP contribution is -2.42. The van der Waals surface area contributed by atoms with Gasteiger partial charge in [-0.05, 0) is 31.1 Å². The lowest BCUT2D eigenvalue weighted by molar-refractivity contribution is -0.0305. The van der Waals surface area contributed by atoms with Crippen LogP contribution in [0.2, 0.25) is 0 Å². The van der Waals surface area contributed by atoms with Crippen LogP contribution in [0, 0.1) is 11.8 Å². The maximum Gasteiger partial charge on any atom is 0.0729 e. The van der Waals surface area contributed by atoms with Gasteiger partial charge in [-0.25, -0.2) is 0 Å². The summed E-state index contributed by atoms with van der Waals surface area (Å²) in [5.41, 5.74) is 6.04. The molecular weight excluding hydrogens is 202 g/mol. The summed E-state index contributed by atoms with van der Waals surface area (Å²) in [5, 5.41) is 0. The summed E-state index contributed by atoms with van der Waals surface area (Å²) in [6.07, 6.45) is 3.68. The Morgan fingerprint density at radius 3 is 2.69 bits per heavy atom. The van der Waals surface area contributed by atoms with Gasteiger partial charge in [0.1, 0.15) is 0 Å². The second kappa shape index (κ2) is 7.25. The molecule has 1 fully saturated rings. The molecule has 0 aromatic carbocycles. The summed E-state index contributed by atoms with van der Waals surface area (Å²) in [7, 11) is 0. The molecule has 0 saturated heterocycles. The molecule has 0 aliphatic heterocycles. The Balaban J connectivity index is 2.07. The second-order valence-electron chi connectivity index (χ2n) is 5.46. The number of hydrogen-bond donors (Lipinski definition) is 1. The Bertz CT molecular complexity index is 185. The van der Waals surface area contributed by atoms with Crippen LogP contribution in [0.15, 0.2) is 0 Å². The topological polar surface area (TPSA) is 44.5 Å². The number of rotatable bonds is 6. The molecule has 2 N–H and O–H groups in total. The molecule has 1 aliphatic carbocycles. The molecule has 3 atom stereocenters. The quantitative estimate of drug-likeness (QED) is 0.710. The highest BCUT2D eigenvalue weighted by molar-refractivity contribution is 4.81. The van der Waals surface area contributed by atoms with Gasteiger partial charge in [0.2, 0.25) is 0 Å². The van der Waals surface area contributed by atoms with E-state index in [0.29, 0.717) is 19.1 Å². The molecule has 3 heteroatoms.